The van der Waals surface area contributed by atoms with Crippen LogP contribution >= 0.6 is 23.2 Å². The van der Waals surface area contributed by atoms with E-state index in [2.05, 4.69) is 15.2 Å². The minimum Gasteiger partial charge on any atom is -0.280 e. The topological polar surface area (TPSA) is 82.4 Å². The number of aromatic amines is 1. The summed E-state index contributed by atoms with van der Waals surface area (Å²) in [6.45, 7) is 0. The highest BCUT2D eigenvalue weighted by Gasteiger charge is 2.21. The van der Waals surface area contributed by atoms with Gasteiger partial charge in [0.1, 0.15) is 11.4 Å². The third-order valence-electron chi connectivity index (χ3n) is 2.27. The SMILES string of the molecule is N#CC(C(=O)Cl)c1cc(-c2ncccc2Cl)n[nH]1. The van der Waals surface area contributed by atoms with E-state index < -0.39 is 11.2 Å². The minimum absolute atomic E-state index is 0.314. The predicted octanol–water partition coefficient (Wildman–Crippen LogP) is 2.50. The lowest BCUT2D eigenvalue weighted by Crippen LogP contribution is -2.04. The first-order valence-electron chi connectivity index (χ1n) is 4.88. The van der Waals surface area contributed by atoms with Crippen molar-refractivity contribution in [3.8, 4) is 17.5 Å². The number of rotatable bonds is 3. The van der Waals surface area contributed by atoms with Gasteiger partial charge in [-0.25, -0.2) is 0 Å². The number of aromatic nitrogens is 3. The van der Waals surface area contributed by atoms with Crippen molar-refractivity contribution in [2.24, 2.45) is 0 Å². The number of nitriles is 1. The van der Waals surface area contributed by atoms with Crippen LogP contribution in [0.15, 0.2) is 24.4 Å². The van der Waals surface area contributed by atoms with Crippen LogP contribution in [0.5, 0.6) is 0 Å². The van der Waals surface area contributed by atoms with Gasteiger partial charge in [-0.2, -0.15) is 10.4 Å². The number of hydrogen-bond donors (Lipinski definition) is 1. The Kier molecular flexibility index (Phi) is 3.60. The molecule has 2 aromatic rings. The molecule has 1 N–H and O–H groups in total. The Morgan fingerprint density at radius 1 is 1.56 bits per heavy atom. The van der Waals surface area contributed by atoms with Crippen LogP contribution < -0.4 is 0 Å². The Morgan fingerprint density at radius 3 is 2.94 bits per heavy atom. The van der Waals surface area contributed by atoms with E-state index in [-0.39, 0.29) is 0 Å². The van der Waals surface area contributed by atoms with Gasteiger partial charge in [0, 0.05) is 6.20 Å². The lowest BCUT2D eigenvalue weighted by atomic mass is 10.1. The first-order valence-corrected chi connectivity index (χ1v) is 5.64. The molecule has 0 saturated carbocycles. The van der Waals surface area contributed by atoms with Gasteiger partial charge in [0.05, 0.1) is 16.8 Å². The van der Waals surface area contributed by atoms with Crippen molar-refractivity contribution < 1.29 is 4.79 Å². The molecular weight excluding hydrogens is 275 g/mol. The first-order chi connectivity index (χ1) is 8.63. The van der Waals surface area contributed by atoms with Crippen molar-refractivity contribution in [1.82, 2.24) is 15.2 Å². The van der Waals surface area contributed by atoms with Gasteiger partial charge < -0.3 is 0 Å². The summed E-state index contributed by atoms with van der Waals surface area (Å²) in [6.07, 6.45) is 1.57. The van der Waals surface area contributed by atoms with Gasteiger partial charge in [-0.3, -0.25) is 14.9 Å². The van der Waals surface area contributed by atoms with Gasteiger partial charge in [-0.05, 0) is 29.8 Å². The second-order valence-corrected chi connectivity index (χ2v) is 4.19. The standard InChI is InChI=1S/C11H6Cl2N4O/c12-7-2-1-3-15-10(7)9-4-8(16-17-9)6(5-14)11(13)18/h1-4,6H,(H,16,17). The van der Waals surface area contributed by atoms with E-state index in [1.807, 2.05) is 0 Å². The number of carbonyl (C=O) groups excluding carboxylic acids is 1. The van der Waals surface area contributed by atoms with Crippen molar-refractivity contribution in [2.45, 2.75) is 5.92 Å². The smallest absolute Gasteiger partial charge is 0.244 e. The molecule has 1 unspecified atom stereocenters. The number of nitrogens with one attached hydrogen (secondary N) is 1. The van der Waals surface area contributed by atoms with E-state index >= 15 is 0 Å². The van der Waals surface area contributed by atoms with Crippen LogP contribution in [-0.4, -0.2) is 20.4 Å². The normalized spacial score (nSPS) is 11.8. The van der Waals surface area contributed by atoms with E-state index in [1.165, 1.54) is 6.07 Å². The maximum atomic E-state index is 11.0. The zero-order valence-electron chi connectivity index (χ0n) is 8.89. The maximum absolute atomic E-state index is 11.0. The molecular formula is C11H6Cl2N4O. The summed E-state index contributed by atoms with van der Waals surface area (Å²) in [5.41, 5.74) is 1.24. The second kappa shape index (κ2) is 5.17. The monoisotopic (exact) mass is 280 g/mol. The highest BCUT2D eigenvalue weighted by Crippen LogP contribution is 2.26. The summed E-state index contributed by atoms with van der Waals surface area (Å²) in [6, 6.07) is 6.69. The van der Waals surface area contributed by atoms with Crippen molar-refractivity contribution >= 4 is 28.4 Å². The quantitative estimate of drug-likeness (QED) is 0.876. The average molecular weight is 281 g/mol. The number of carbonyl (C=O) groups is 1. The molecule has 0 fully saturated rings. The van der Waals surface area contributed by atoms with Gasteiger partial charge in [0.25, 0.3) is 0 Å². The van der Waals surface area contributed by atoms with Gasteiger partial charge in [-0.1, -0.05) is 11.6 Å². The van der Waals surface area contributed by atoms with E-state index in [1.54, 1.807) is 24.4 Å². The molecule has 0 aliphatic heterocycles. The third kappa shape index (κ3) is 2.35. The molecule has 0 aliphatic rings. The lowest BCUT2D eigenvalue weighted by molar-refractivity contribution is -0.112. The molecule has 2 aromatic heterocycles. The Labute approximate surface area is 112 Å². The fraction of sp³-hybridized carbons (Fsp3) is 0.0909. The fourth-order valence-corrected chi connectivity index (χ4v) is 1.81. The van der Waals surface area contributed by atoms with E-state index in [0.717, 1.165) is 0 Å². The summed E-state index contributed by atoms with van der Waals surface area (Å²) in [4.78, 5) is 15.1. The molecule has 2 heterocycles. The van der Waals surface area contributed by atoms with Crippen molar-refractivity contribution in [3.63, 3.8) is 0 Å². The summed E-state index contributed by atoms with van der Waals surface area (Å²) in [5, 5.41) is 15.1. The van der Waals surface area contributed by atoms with Crippen LogP contribution in [0.4, 0.5) is 0 Å². The number of pyridine rings is 1. The van der Waals surface area contributed by atoms with Crippen molar-refractivity contribution in [2.75, 3.05) is 0 Å². The van der Waals surface area contributed by atoms with Crippen molar-refractivity contribution in [3.05, 3.63) is 35.1 Å². The van der Waals surface area contributed by atoms with Crippen LogP contribution in [0.1, 0.15) is 11.6 Å². The molecule has 18 heavy (non-hydrogen) atoms. The minimum atomic E-state index is -1.07. The first kappa shape index (κ1) is 12.6. The fourth-order valence-electron chi connectivity index (χ4n) is 1.42. The molecule has 0 amide bonds. The molecule has 0 aromatic carbocycles. The Balaban J connectivity index is 2.40. The molecule has 1 atom stereocenters. The molecule has 2 rings (SSSR count). The van der Waals surface area contributed by atoms with E-state index in [0.29, 0.717) is 22.1 Å². The number of halogens is 2. The van der Waals surface area contributed by atoms with E-state index in [4.69, 9.17) is 28.5 Å². The zero-order valence-corrected chi connectivity index (χ0v) is 10.4. The lowest BCUT2D eigenvalue weighted by Gasteiger charge is -1.98. The van der Waals surface area contributed by atoms with Gasteiger partial charge in [-0.15, -0.1) is 0 Å². The summed E-state index contributed by atoms with van der Waals surface area (Å²) in [7, 11) is 0. The van der Waals surface area contributed by atoms with Gasteiger partial charge in [0.2, 0.25) is 5.24 Å². The molecule has 7 heteroatoms. The molecule has 0 saturated heterocycles. The van der Waals surface area contributed by atoms with Gasteiger partial charge in [0.15, 0.2) is 5.92 Å². The maximum Gasteiger partial charge on any atom is 0.244 e. The zero-order chi connectivity index (χ0) is 13.1. The predicted molar refractivity (Wildman–Crippen MR) is 66.0 cm³/mol. The Hall–Kier alpha value is -1.90. The molecule has 90 valence electrons. The number of hydrogen-bond acceptors (Lipinski definition) is 4. The summed E-state index contributed by atoms with van der Waals surface area (Å²) in [5.74, 6) is -1.07. The summed E-state index contributed by atoms with van der Waals surface area (Å²) >= 11 is 11.3. The van der Waals surface area contributed by atoms with Crippen LogP contribution in [0.25, 0.3) is 11.4 Å². The number of H-pyrrole nitrogens is 1. The highest BCUT2D eigenvalue weighted by molar-refractivity contribution is 6.65. The van der Waals surface area contributed by atoms with Crippen LogP contribution in [-0.2, 0) is 4.79 Å². The van der Waals surface area contributed by atoms with Gasteiger partial charge >= 0.3 is 0 Å². The molecule has 5 nitrogen and oxygen atoms in total. The average Bonchev–Trinajstić information content (AvgIpc) is 2.79. The molecule has 0 aliphatic carbocycles. The second-order valence-electron chi connectivity index (χ2n) is 3.41. The summed E-state index contributed by atoms with van der Waals surface area (Å²) < 4.78 is 0. The highest BCUT2D eigenvalue weighted by atomic mass is 35.5. The van der Waals surface area contributed by atoms with Crippen LogP contribution in [0.3, 0.4) is 0 Å². The third-order valence-corrected chi connectivity index (χ3v) is 2.79. The Morgan fingerprint density at radius 2 is 2.33 bits per heavy atom. The molecule has 0 bridgehead atoms. The Bertz CT molecular complexity index is 632. The largest absolute Gasteiger partial charge is 0.280 e. The molecule has 0 spiro atoms. The molecule has 0 radical (unpaired) electrons. The van der Waals surface area contributed by atoms with Crippen LogP contribution in [0, 0.1) is 11.3 Å². The number of nitrogens with zero attached hydrogens (tertiary/aromatic N) is 3. The van der Waals surface area contributed by atoms with E-state index in [9.17, 15) is 4.79 Å². The van der Waals surface area contributed by atoms with Crippen molar-refractivity contribution in [1.29, 1.82) is 5.26 Å². The van der Waals surface area contributed by atoms with Crippen LogP contribution in [0.2, 0.25) is 5.02 Å².